The highest BCUT2D eigenvalue weighted by atomic mass is 35.5. The van der Waals surface area contributed by atoms with Crippen LogP contribution in [-0.2, 0) is 0 Å². The number of nitriles is 1. The predicted molar refractivity (Wildman–Crippen MR) is 112 cm³/mol. The molecular weight excluding hydrogens is 370 g/mol. The van der Waals surface area contributed by atoms with E-state index in [1.807, 2.05) is 54.6 Å². The molecule has 1 aliphatic rings. The Bertz CT molecular complexity index is 1000. The molecule has 0 radical (unpaired) electrons. The Morgan fingerprint density at radius 3 is 2.21 bits per heavy atom. The summed E-state index contributed by atoms with van der Waals surface area (Å²) in [6.07, 6.45) is 0. The fourth-order valence-corrected chi connectivity index (χ4v) is 3.46. The normalized spacial score (nSPS) is 14.7. The number of piperazine rings is 1. The molecule has 0 bridgehead atoms. The molecule has 0 amide bonds. The third kappa shape index (κ3) is 3.70. The fraction of sp³-hybridized carbons (Fsp3) is 0.227. The molecule has 1 saturated heterocycles. The highest BCUT2D eigenvalue weighted by molar-refractivity contribution is 6.30. The van der Waals surface area contributed by atoms with Gasteiger partial charge in [0.2, 0.25) is 0 Å². The summed E-state index contributed by atoms with van der Waals surface area (Å²) in [5, 5.41) is 10.6. The zero-order valence-corrected chi connectivity index (χ0v) is 16.4. The van der Waals surface area contributed by atoms with Crippen LogP contribution in [0, 0.1) is 11.3 Å². The number of hydrogen-bond acceptors (Lipinski definition) is 5. The van der Waals surface area contributed by atoms with E-state index in [9.17, 15) is 5.26 Å². The molecule has 1 aromatic heterocycles. The standard InChI is InChI=1S/C22H20ClN5/c1-27-11-13-28(14-12-27)22-19(15-24)20(16-7-9-18(23)10-8-16)25-21(26-22)17-5-3-2-4-6-17/h2-10H,11-14H2,1H3. The molecule has 2 aromatic carbocycles. The number of aromatic nitrogens is 2. The number of nitrogens with zero attached hydrogens (tertiary/aromatic N) is 5. The Morgan fingerprint density at radius 2 is 1.57 bits per heavy atom. The molecule has 5 nitrogen and oxygen atoms in total. The lowest BCUT2D eigenvalue weighted by Crippen LogP contribution is -2.45. The summed E-state index contributed by atoms with van der Waals surface area (Å²) < 4.78 is 0. The van der Waals surface area contributed by atoms with Crippen molar-refractivity contribution in [2.45, 2.75) is 0 Å². The molecule has 0 atom stereocenters. The van der Waals surface area contributed by atoms with Crippen LogP contribution in [0.25, 0.3) is 22.6 Å². The van der Waals surface area contributed by atoms with Crippen molar-refractivity contribution in [3.8, 4) is 28.7 Å². The molecule has 6 heteroatoms. The topological polar surface area (TPSA) is 56.1 Å². The summed E-state index contributed by atoms with van der Waals surface area (Å²) in [7, 11) is 2.11. The average Bonchev–Trinajstić information content (AvgIpc) is 2.74. The smallest absolute Gasteiger partial charge is 0.162 e. The van der Waals surface area contributed by atoms with Gasteiger partial charge in [-0.2, -0.15) is 5.26 Å². The van der Waals surface area contributed by atoms with E-state index in [0.717, 1.165) is 37.3 Å². The van der Waals surface area contributed by atoms with Gasteiger partial charge in [0, 0.05) is 42.3 Å². The summed E-state index contributed by atoms with van der Waals surface area (Å²) in [5.41, 5.74) is 2.93. The maximum Gasteiger partial charge on any atom is 0.162 e. The highest BCUT2D eigenvalue weighted by Crippen LogP contribution is 2.32. The predicted octanol–water partition coefficient (Wildman–Crippen LogP) is 4.09. The van der Waals surface area contributed by atoms with Crippen LogP contribution in [0.2, 0.25) is 5.02 Å². The second kappa shape index (κ2) is 7.97. The molecule has 0 aliphatic carbocycles. The van der Waals surface area contributed by atoms with Gasteiger partial charge in [0.05, 0.1) is 5.69 Å². The van der Waals surface area contributed by atoms with Crippen LogP contribution in [0.4, 0.5) is 5.82 Å². The first-order chi connectivity index (χ1) is 13.7. The van der Waals surface area contributed by atoms with Crippen molar-refractivity contribution in [2.75, 3.05) is 38.1 Å². The van der Waals surface area contributed by atoms with Crippen LogP contribution in [0.15, 0.2) is 54.6 Å². The molecule has 0 spiro atoms. The minimum absolute atomic E-state index is 0.506. The molecule has 0 N–H and O–H groups in total. The Hall–Kier alpha value is -2.94. The summed E-state index contributed by atoms with van der Waals surface area (Å²) in [4.78, 5) is 14.1. The van der Waals surface area contributed by atoms with Crippen molar-refractivity contribution in [2.24, 2.45) is 0 Å². The number of anilines is 1. The van der Waals surface area contributed by atoms with Gasteiger partial charge in [-0.1, -0.05) is 54.1 Å². The minimum atomic E-state index is 0.506. The van der Waals surface area contributed by atoms with Gasteiger partial charge in [-0.15, -0.1) is 0 Å². The Morgan fingerprint density at radius 1 is 0.893 bits per heavy atom. The van der Waals surface area contributed by atoms with Crippen LogP contribution in [0.1, 0.15) is 5.56 Å². The van der Waals surface area contributed by atoms with E-state index in [2.05, 4.69) is 22.9 Å². The SMILES string of the molecule is CN1CCN(c2nc(-c3ccccc3)nc(-c3ccc(Cl)cc3)c2C#N)CC1. The van der Waals surface area contributed by atoms with Gasteiger partial charge < -0.3 is 9.80 Å². The Labute approximate surface area is 169 Å². The van der Waals surface area contributed by atoms with Gasteiger partial charge in [-0.25, -0.2) is 9.97 Å². The molecule has 1 aliphatic heterocycles. The van der Waals surface area contributed by atoms with Crippen LogP contribution in [0.3, 0.4) is 0 Å². The van der Waals surface area contributed by atoms with Crippen LogP contribution in [-0.4, -0.2) is 48.1 Å². The largest absolute Gasteiger partial charge is 0.353 e. The van der Waals surface area contributed by atoms with E-state index in [4.69, 9.17) is 21.6 Å². The second-order valence-electron chi connectivity index (χ2n) is 6.87. The van der Waals surface area contributed by atoms with E-state index in [-0.39, 0.29) is 0 Å². The molecule has 140 valence electrons. The van der Waals surface area contributed by atoms with Crippen molar-refractivity contribution in [1.82, 2.24) is 14.9 Å². The minimum Gasteiger partial charge on any atom is -0.353 e. The molecule has 1 fully saturated rings. The van der Waals surface area contributed by atoms with Crippen molar-refractivity contribution in [3.05, 3.63) is 65.2 Å². The third-order valence-corrected chi connectivity index (χ3v) is 5.21. The molecule has 0 saturated carbocycles. The summed E-state index contributed by atoms with van der Waals surface area (Å²) in [6.45, 7) is 3.53. The zero-order chi connectivity index (χ0) is 19.5. The Balaban J connectivity index is 1.90. The van der Waals surface area contributed by atoms with Gasteiger partial charge >= 0.3 is 0 Å². The van der Waals surface area contributed by atoms with E-state index in [0.29, 0.717) is 27.9 Å². The van der Waals surface area contributed by atoms with Crippen LogP contribution in [0.5, 0.6) is 0 Å². The lowest BCUT2D eigenvalue weighted by Gasteiger charge is -2.34. The van der Waals surface area contributed by atoms with Gasteiger partial charge in [0.1, 0.15) is 11.6 Å². The molecular formula is C22H20ClN5. The first-order valence-electron chi connectivity index (χ1n) is 9.22. The van der Waals surface area contributed by atoms with Gasteiger partial charge in [0.25, 0.3) is 0 Å². The molecule has 28 heavy (non-hydrogen) atoms. The van der Waals surface area contributed by atoms with Gasteiger partial charge in [-0.05, 0) is 19.2 Å². The van der Waals surface area contributed by atoms with Crippen molar-refractivity contribution in [1.29, 1.82) is 5.26 Å². The lowest BCUT2D eigenvalue weighted by atomic mass is 10.1. The van der Waals surface area contributed by atoms with Gasteiger partial charge in [-0.3, -0.25) is 0 Å². The van der Waals surface area contributed by atoms with Crippen molar-refractivity contribution >= 4 is 17.4 Å². The second-order valence-corrected chi connectivity index (χ2v) is 7.31. The Kier molecular flexibility index (Phi) is 5.25. The molecule has 0 unspecified atom stereocenters. The summed E-state index contributed by atoms with van der Waals surface area (Å²) in [6, 6.07) is 19.7. The van der Waals surface area contributed by atoms with Crippen molar-refractivity contribution in [3.63, 3.8) is 0 Å². The number of rotatable bonds is 3. The van der Waals surface area contributed by atoms with E-state index < -0.39 is 0 Å². The molecule has 3 aromatic rings. The first kappa shape index (κ1) is 18.4. The number of hydrogen-bond donors (Lipinski definition) is 0. The molecule has 4 rings (SSSR count). The fourth-order valence-electron chi connectivity index (χ4n) is 3.33. The summed E-state index contributed by atoms with van der Waals surface area (Å²) in [5.74, 6) is 1.33. The maximum atomic E-state index is 9.97. The number of halogens is 1. The van der Waals surface area contributed by atoms with Gasteiger partial charge in [0.15, 0.2) is 11.6 Å². The van der Waals surface area contributed by atoms with Crippen LogP contribution >= 0.6 is 11.6 Å². The summed E-state index contributed by atoms with van der Waals surface area (Å²) >= 11 is 6.06. The quantitative estimate of drug-likeness (QED) is 0.675. The maximum absolute atomic E-state index is 9.97. The monoisotopic (exact) mass is 389 g/mol. The first-order valence-corrected chi connectivity index (χ1v) is 9.60. The highest BCUT2D eigenvalue weighted by Gasteiger charge is 2.23. The van der Waals surface area contributed by atoms with Crippen molar-refractivity contribution < 1.29 is 0 Å². The van der Waals surface area contributed by atoms with E-state index in [1.54, 1.807) is 0 Å². The van der Waals surface area contributed by atoms with E-state index in [1.165, 1.54) is 0 Å². The molecule has 2 heterocycles. The third-order valence-electron chi connectivity index (χ3n) is 4.95. The zero-order valence-electron chi connectivity index (χ0n) is 15.6. The lowest BCUT2D eigenvalue weighted by molar-refractivity contribution is 0.312. The van der Waals surface area contributed by atoms with Crippen LogP contribution < -0.4 is 4.90 Å². The number of likely N-dealkylation sites (N-methyl/N-ethyl adjacent to an activating group) is 1. The number of benzene rings is 2. The average molecular weight is 390 g/mol. The van der Waals surface area contributed by atoms with E-state index >= 15 is 0 Å².